The number of aliphatic hydroxyl groups is 1. The Morgan fingerprint density at radius 1 is 1.20 bits per heavy atom. The SMILES string of the molecule is Nc1ncnc2c1nc(Sc1cc3c(cc1I)CCC3)n2CCCN1CCC(O)C1. The van der Waals surface area contributed by atoms with Gasteiger partial charge >= 0.3 is 0 Å². The number of β-amino-alcohol motifs (C(OH)–C–C–N with tert-alkyl or cyclic N) is 1. The molecular weight excluding hydrogens is 511 g/mol. The molecule has 0 bridgehead atoms. The number of fused-ring (bicyclic) bond motifs is 2. The number of halogens is 1. The third-order valence-corrected chi connectivity index (χ3v) is 8.29. The van der Waals surface area contributed by atoms with E-state index in [2.05, 4.69) is 54.2 Å². The topological polar surface area (TPSA) is 93.1 Å². The number of nitrogens with two attached hydrogens (primary N) is 1. The van der Waals surface area contributed by atoms with Crippen LogP contribution in [0, 0.1) is 3.57 Å². The number of aliphatic hydroxyl groups excluding tert-OH is 1. The first-order chi connectivity index (χ1) is 14.6. The molecule has 1 aromatic carbocycles. The minimum atomic E-state index is -0.181. The molecular formula is C21H25IN6OS. The summed E-state index contributed by atoms with van der Waals surface area (Å²) in [5.41, 5.74) is 10.5. The number of nitrogens with zero attached hydrogens (tertiary/aromatic N) is 5. The zero-order valence-electron chi connectivity index (χ0n) is 16.7. The van der Waals surface area contributed by atoms with Crippen LogP contribution in [0.1, 0.15) is 30.4 Å². The molecule has 3 N–H and O–H groups in total. The fraction of sp³-hybridized carbons (Fsp3) is 0.476. The molecule has 1 aliphatic heterocycles. The highest BCUT2D eigenvalue weighted by Gasteiger charge is 2.21. The van der Waals surface area contributed by atoms with Gasteiger partial charge in [-0.15, -0.1) is 0 Å². The quantitative estimate of drug-likeness (QED) is 0.468. The average molecular weight is 536 g/mol. The van der Waals surface area contributed by atoms with Crippen LogP contribution in [0.15, 0.2) is 28.5 Å². The van der Waals surface area contributed by atoms with Crippen LogP contribution in [-0.2, 0) is 19.4 Å². The fourth-order valence-electron chi connectivity index (χ4n) is 4.43. The van der Waals surface area contributed by atoms with Crippen molar-refractivity contribution in [2.45, 2.75) is 54.8 Å². The van der Waals surface area contributed by atoms with Crippen LogP contribution in [-0.4, -0.2) is 55.3 Å². The second-order valence-corrected chi connectivity index (χ2v) is 10.3. The summed E-state index contributed by atoms with van der Waals surface area (Å²) in [6.45, 7) is 3.51. The first-order valence-electron chi connectivity index (χ1n) is 10.4. The zero-order chi connectivity index (χ0) is 20.7. The van der Waals surface area contributed by atoms with Crippen LogP contribution >= 0.6 is 34.4 Å². The Morgan fingerprint density at radius 3 is 2.83 bits per heavy atom. The molecule has 2 aliphatic rings. The van der Waals surface area contributed by atoms with Crippen molar-refractivity contribution in [3.8, 4) is 0 Å². The zero-order valence-corrected chi connectivity index (χ0v) is 19.7. The number of rotatable bonds is 6. The van der Waals surface area contributed by atoms with E-state index in [0.717, 1.165) is 56.2 Å². The van der Waals surface area contributed by atoms with Crippen molar-refractivity contribution < 1.29 is 5.11 Å². The van der Waals surface area contributed by atoms with E-state index in [9.17, 15) is 5.11 Å². The van der Waals surface area contributed by atoms with Gasteiger partial charge in [0.1, 0.15) is 6.33 Å². The van der Waals surface area contributed by atoms with Crippen LogP contribution < -0.4 is 5.73 Å². The van der Waals surface area contributed by atoms with E-state index >= 15 is 0 Å². The molecule has 3 heterocycles. The van der Waals surface area contributed by atoms with Gasteiger partial charge in [-0.3, -0.25) is 0 Å². The highest BCUT2D eigenvalue weighted by Crippen LogP contribution is 2.37. The number of aryl methyl sites for hydroxylation is 3. The molecule has 0 radical (unpaired) electrons. The van der Waals surface area contributed by atoms with Crippen molar-refractivity contribution >= 4 is 51.3 Å². The lowest BCUT2D eigenvalue weighted by Gasteiger charge is -2.16. The van der Waals surface area contributed by atoms with Gasteiger partial charge in [0, 0.05) is 28.1 Å². The molecule has 30 heavy (non-hydrogen) atoms. The summed E-state index contributed by atoms with van der Waals surface area (Å²) in [4.78, 5) is 17.0. The van der Waals surface area contributed by atoms with E-state index < -0.39 is 0 Å². The standard InChI is InChI=1S/C21H25IN6OS/c22-16-9-13-3-1-4-14(13)10-17(16)30-21-26-18-19(23)24-12-25-20(18)28(21)7-2-6-27-8-5-15(29)11-27/h9-10,12,15,29H,1-8,11H2,(H2,23,24,25). The Labute approximate surface area is 193 Å². The number of likely N-dealkylation sites (tertiary alicyclic amines) is 1. The molecule has 3 aromatic rings. The monoisotopic (exact) mass is 536 g/mol. The van der Waals surface area contributed by atoms with Crippen molar-refractivity contribution in [3.63, 3.8) is 0 Å². The van der Waals surface area contributed by atoms with Crippen molar-refractivity contribution in [2.75, 3.05) is 25.4 Å². The predicted molar refractivity (Wildman–Crippen MR) is 127 cm³/mol. The molecule has 1 aliphatic carbocycles. The fourth-order valence-corrected chi connectivity index (χ4v) is 6.27. The molecule has 5 rings (SSSR count). The Hall–Kier alpha value is -1.43. The van der Waals surface area contributed by atoms with Gasteiger partial charge in [0.15, 0.2) is 22.1 Å². The maximum absolute atomic E-state index is 9.76. The lowest BCUT2D eigenvalue weighted by molar-refractivity contribution is 0.175. The summed E-state index contributed by atoms with van der Waals surface area (Å²) in [6.07, 6.45) is 6.77. The number of aromatic nitrogens is 4. The van der Waals surface area contributed by atoms with E-state index in [1.54, 1.807) is 11.8 Å². The number of imidazole rings is 1. The Balaban J connectivity index is 1.42. The summed E-state index contributed by atoms with van der Waals surface area (Å²) in [6, 6.07) is 4.66. The van der Waals surface area contributed by atoms with Crippen molar-refractivity contribution in [1.82, 2.24) is 24.4 Å². The van der Waals surface area contributed by atoms with Gasteiger partial charge in [0.2, 0.25) is 0 Å². The lowest BCUT2D eigenvalue weighted by atomic mass is 10.1. The minimum absolute atomic E-state index is 0.181. The van der Waals surface area contributed by atoms with Crippen molar-refractivity contribution in [1.29, 1.82) is 0 Å². The van der Waals surface area contributed by atoms with E-state index in [-0.39, 0.29) is 6.10 Å². The highest BCUT2D eigenvalue weighted by atomic mass is 127. The molecule has 7 nitrogen and oxygen atoms in total. The molecule has 158 valence electrons. The third-order valence-electron chi connectivity index (χ3n) is 5.98. The van der Waals surface area contributed by atoms with E-state index in [1.165, 1.54) is 38.8 Å². The normalized spacial score (nSPS) is 19.1. The minimum Gasteiger partial charge on any atom is -0.392 e. The Morgan fingerprint density at radius 2 is 2.03 bits per heavy atom. The van der Waals surface area contributed by atoms with Crippen LogP contribution in [0.3, 0.4) is 0 Å². The number of anilines is 1. The van der Waals surface area contributed by atoms with E-state index in [4.69, 9.17) is 10.7 Å². The smallest absolute Gasteiger partial charge is 0.175 e. The average Bonchev–Trinajstić information content (AvgIpc) is 3.43. The lowest BCUT2D eigenvalue weighted by Crippen LogP contribution is -2.24. The molecule has 1 unspecified atom stereocenters. The predicted octanol–water partition coefficient (Wildman–Crippen LogP) is 3.11. The second kappa shape index (κ2) is 8.60. The largest absolute Gasteiger partial charge is 0.392 e. The van der Waals surface area contributed by atoms with Gasteiger partial charge in [0.05, 0.1) is 6.10 Å². The summed E-state index contributed by atoms with van der Waals surface area (Å²) in [5, 5.41) is 10.7. The van der Waals surface area contributed by atoms with Gasteiger partial charge in [-0.25, -0.2) is 15.0 Å². The Bertz CT molecular complexity index is 1090. The van der Waals surface area contributed by atoms with Crippen molar-refractivity contribution in [2.24, 2.45) is 0 Å². The first-order valence-corrected chi connectivity index (χ1v) is 12.3. The molecule has 0 spiro atoms. The number of hydrogen-bond acceptors (Lipinski definition) is 7. The van der Waals surface area contributed by atoms with E-state index in [1.807, 2.05) is 0 Å². The molecule has 2 aromatic heterocycles. The molecule has 0 amide bonds. The highest BCUT2D eigenvalue weighted by molar-refractivity contribution is 14.1. The molecule has 0 saturated carbocycles. The molecule has 1 fully saturated rings. The molecule has 1 saturated heterocycles. The van der Waals surface area contributed by atoms with Gasteiger partial charge in [-0.05, 0) is 84.5 Å². The number of nitrogen functional groups attached to an aromatic ring is 1. The first kappa shape index (κ1) is 20.5. The maximum atomic E-state index is 9.76. The molecule has 1 atom stereocenters. The number of benzene rings is 1. The molecule has 9 heteroatoms. The Kier molecular flexibility index (Phi) is 5.87. The van der Waals surface area contributed by atoms with Gasteiger partial charge in [-0.1, -0.05) is 11.8 Å². The van der Waals surface area contributed by atoms with Crippen LogP contribution in [0.4, 0.5) is 5.82 Å². The second-order valence-electron chi connectivity index (χ2n) is 8.08. The van der Waals surface area contributed by atoms with Crippen LogP contribution in [0.5, 0.6) is 0 Å². The van der Waals surface area contributed by atoms with Crippen LogP contribution in [0.25, 0.3) is 11.2 Å². The number of hydrogen-bond donors (Lipinski definition) is 2. The van der Waals surface area contributed by atoms with Crippen molar-refractivity contribution in [3.05, 3.63) is 33.2 Å². The van der Waals surface area contributed by atoms with Gasteiger partial charge in [0.25, 0.3) is 0 Å². The van der Waals surface area contributed by atoms with Crippen LogP contribution in [0.2, 0.25) is 0 Å². The van der Waals surface area contributed by atoms with Gasteiger partial charge in [-0.2, -0.15) is 0 Å². The summed E-state index contributed by atoms with van der Waals surface area (Å²) in [7, 11) is 0. The van der Waals surface area contributed by atoms with E-state index in [0.29, 0.717) is 11.3 Å². The maximum Gasteiger partial charge on any atom is 0.175 e. The summed E-state index contributed by atoms with van der Waals surface area (Å²) < 4.78 is 3.44. The summed E-state index contributed by atoms with van der Waals surface area (Å²) in [5.74, 6) is 0.423. The van der Waals surface area contributed by atoms with Gasteiger partial charge < -0.3 is 20.3 Å². The summed E-state index contributed by atoms with van der Waals surface area (Å²) >= 11 is 4.12. The third kappa shape index (κ3) is 4.04.